The highest BCUT2D eigenvalue weighted by Gasteiger charge is 2.20. The molecule has 0 unspecified atom stereocenters. The number of rotatable bonds is 4. The molecule has 2 aromatic heterocycles. The Kier molecular flexibility index (Phi) is 4.07. The Labute approximate surface area is 135 Å². The monoisotopic (exact) mass is 331 g/mol. The third-order valence-electron chi connectivity index (χ3n) is 3.10. The number of carbonyl (C=O) groups excluding carboxylic acids is 2. The van der Waals surface area contributed by atoms with E-state index in [2.05, 4.69) is 15.5 Å². The van der Waals surface area contributed by atoms with E-state index in [0.717, 1.165) is 10.2 Å². The summed E-state index contributed by atoms with van der Waals surface area (Å²) in [6.07, 6.45) is -0.961. The van der Waals surface area contributed by atoms with Crippen LogP contribution in [0, 0.1) is 6.92 Å². The van der Waals surface area contributed by atoms with Crippen molar-refractivity contribution in [1.29, 1.82) is 0 Å². The first-order chi connectivity index (χ1) is 11.0. The molecule has 0 fully saturated rings. The van der Waals surface area contributed by atoms with Gasteiger partial charge in [0.15, 0.2) is 11.9 Å². The lowest BCUT2D eigenvalue weighted by molar-refractivity contribution is -0.123. The molecule has 0 bridgehead atoms. The maximum absolute atomic E-state index is 12.1. The zero-order valence-electron chi connectivity index (χ0n) is 12.4. The number of nitrogens with zero attached hydrogens (tertiary/aromatic N) is 2. The van der Waals surface area contributed by atoms with Crippen molar-refractivity contribution in [3.63, 3.8) is 0 Å². The predicted molar refractivity (Wildman–Crippen MR) is 84.4 cm³/mol. The Morgan fingerprint density at radius 3 is 2.91 bits per heavy atom. The molecule has 0 radical (unpaired) electrons. The van der Waals surface area contributed by atoms with Gasteiger partial charge in [-0.2, -0.15) is 0 Å². The number of ether oxygens (including phenoxy) is 1. The third kappa shape index (κ3) is 3.37. The summed E-state index contributed by atoms with van der Waals surface area (Å²) in [4.78, 5) is 28.3. The molecule has 0 spiro atoms. The van der Waals surface area contributed by atoms with Gasteiger partial charge in [-0.1, -0.05) is 5.16 Å². The van der Waals surface area contributed by atoms with Crippen molar-refractivity contribution in [3.8, 4) is 0 Å². The Balaban J connectivity index is 1.65. The molecule has 1 amide bonds. The summed E-state index contributed by atoms with van der Waals surface area (Å²) in [6.45, 7) is 3.20. The van der Waals surface area contributed by atoms with E-state index in [1.165, 1.54) is 18.3 Å². The van der Waals surface area contributed by atoms with Crippen LogP contribution in [0.15, 0.2) is 34.3 Å². The van der Waals surface area contributed by atoms with Gasteiger partial charge in [0.25, 0.3) is 5.91 Å². The van der Waals surface area contributed by atoms with Gasteiger partial charge in [-0.15, -0.1) is 11.3 Å². The van der Waals surface area contributed by atoms with Gasteiger partial charge in [0.2, 0.25) is 0 Å². The molecule has 0 aliphatic rings. The number of aryl methyl sites for hydroxylation is 1. The fraction of sp³-hybridized carbons (Fsp3) is 0.200. The van der Waals surface area contributed by atoms with Crippen molar-refractivity contribution in [1.82, 2.24) is 10.1 Å². The number of benzene rings is 1. The lowest BCUT2D eigenvalue weighted by Gasteiger charge is -2.12. The molecule has 8 heteroatoms. The molecule has 23 heavy (non-hydrogen) atoms. The molecule has 1 aromatic carbocycles. The van der Waals surface area contributed by atoms with Crippen LogP contribution in [0.25, 0.3) is 10.2 Å². The van der Waals surface area contributed by atoms with Gasteiger partial charge in [0, 0.05) is 6.07 Å². The molecule has 1 N–H and O–H groups in total. The molecule has 2 heterocycles. The molecule has 0 aliphatic heterocycles. The summed E-state index contributed by atoms with van der Waals surface area (Å²) in [5.74, 6) is -0.200. The summed E-state index contributed by atoms with van der Waals surface area (Å²) < 4.78 is 10.9. The van der Waals surface area contributed by atoms with Crippen LogP contribution in [0.5, 0.6) is 0 Å². The topological polar surface area (TPSA) is 94.3 Å². The smallest absolute Gasteiger partial charge is 0.338 e. The van der Waals surface area contributed by atoms with Crippen LogP contribution in [-0.2, 0) is 9.53 Å². The number of hydrogen-bond donors (Lipinski definition) is 1. The van der Waals surface area contributed by atoms with Gasteiger partial charge in [-0.25, -0.2) is 9.78 Å². The van der Waals surface area contributed by atoms with E-state index >= 15 is 0 Å². The van der Waals surface area contributed by atoms with E-state index in [9.17, 15) is 9.59 Å². The largest absolute Gasteiger partial charge is 0.449 e. The van der Waals surface area contributed by atoms with Crippen LogP contribution in [0.4, 0.5) is 5.82 Å². The zero-order chi connectivity index (χ0) is 16.4. The average molecular weight is 331 g/mol. The zero-order valence-corrected chi connectivity index (χ0v) is 13.2. The SMILES string of the molecule is Cc1cc(NC(=O)[C@H](C)OC(=O)c2ccc3ncsc3c2)no1. The first-order valence-electron chi connectivity index (χ1n) is 6.81. The number of hydrogen-bond acceptors (Lipinski definition) is 7. The number of thiazole rings is 1. The highest BCUT2D eigenvalue weighted by Crippen LogP contribution is 2.20. The molecular formula is C15H13N3O4S. The van der Waals surface area contributed by atoms with Crippen molar-refractivity contribution in [2.45, 2.75) is 20.0 Å². The number of amides is 1. The van der Waals surface area contributed by atoms with E-state index in [0.29, 0.717) is 11.3 Å². The molecule has 0 saturated carbocycles. The van der Waals surface area contributed by atoms with Crippen LogP contribution in [0.3, 0.4) is 0 Å². The molecule has 1 atom stereocenters. The molecule has 0 aliphatic carbocycles. The van der Waals surface area contributed by atoms with Gasteiger partial charge >= 0.3 is 5.97 Å². The number of anilines is 1. The van der Waals surface area contributed by atoms with E-state index < -0.39 is 18.0 Å². The van der Waals surface area contributed by atoms with E-state index in [1.807, 2.05) is 0 Å². The molecule has 3 aromatic rings. The Morgan fingerprint density at radius 2 is 2.17 bits per heavy atom. The molecule has 3 rings (SSSR count). The minimum absolute atomic E-state index is 0.279. The van der Waals surface area contributed by atoms with Crippen molar-refractivity contribution >= 4 is 39.2 Å². The van der Waals surface area contributed by atoms with Crippen molar-refractivity contribution in [3.05, 3.63) is 41.1 Å². The Hall–Kier alpha value is -2.74. The number of esters is 1. The second kappa shape index (κ2) is 6.17. The lowest BCUT2D eigenvalue weighted by atomic mass is 10.2. The van der Waals surface area contributed by atoms with Crippen LogP contribution in [0.1, 0.15) is 23.0 Å². The minimum Gasteiger partial charge on any atom is -0.449 e. The number of carbonyl (C=O) groups is 2. The second-order valence-electron chi connectivity index (χ2n) is 4.89. The summed E-state index contributed by atoms with van der Waals surface area (Å²) in [7, 11) is 0. The van der Waals surface area contributed by atoms with Gasteiger partial charge < -0.3 is 14.6 Å². The third-order valence-corrected chi connectivity index (χ3v) is 3.89. The van der Waals surface area contributed by atoms with Crippen molar-refractivity contribution < 1.29 is 18.8 Å². The maximum Gasteiger partial charge on any atom is 0.338 e. The quantitative estimate of drug-likeness (QED) is 0.739. The number of fused-ring (bicyclic) bond motifs is 1. The summed E-state index contributed by atoms with van der Waals surface area (Å²) >= 11 is 1.43. The van der Waals surface area contributed by atoms with E-state index in [1.54, 1.807) is 36.7 Å². The minimum atomic E-state index is -0.961. The number of nitrogens with one attached hydrogen (secondary N) is 1. The lowest BCUT2D eigenvalue weighted by Crippen LogP contribution is -2.30. The van der Waals surface area contributed by atoms with Crippen LogP contribution >= 0.6 is 11.3 Å². The first kappa shape index (κ1) is 15.2. The molecule has 118 valence electrons. The van der Waals surface area contributed by atoms with Crippen molar-refractivity contribution in [2.24, 2.45) is 0 Å². The summed E-state index contributed by atoms with van der Waals surface area (Å²) in [5, 5.41) is 6.17. The Morgan fingerprint density at radius 1 is 1.35 bits per heavy atom. The van der Waals surface area contributed by atoms with E-state index in [4.69, 9.17) is 9.26 Å². The fourth-order valence-electron chi connectivity index (χ4n) is 1.92. The highest BCUT2D eigenvalue weighted by molar-refractivity contribution is 7.16. The standard InChI is InChI=1S/C15H13N3O4S/c1-8-5-13(18-22-8)17-14(19)9(2)21-15(20)10-3-4-11-12(6-10)23-7-16-11/h3-7,9H,1-2H3,(H,17,18,19)/t9-/m0/s1. The van der Waals surface area contributed by atoms with Crippen LogP contribution < -0.4 is 5.32 Å². The predicted octanol–water partition coefficient (Wildman–Crippen LogP) is 2.78. The second-order valence-corrected chi connectivity index (χ2v) is 5.78. The Bertz CT molecular complexity index is 870. The van der Waals surface area contributed by atoms with Gasteiger partial charge in [0.1, 0.15) is 5.76 Å². The van der Waals surface area contributed by atoms with Gasteiger partial charge in [-0.05, 0) is 32.0 Å². The highest BCUT2D eigenvalue weighted by atomic mass is 32.1. The average Bonchev–Trinajstić information content (AvgIpc) is 3.14. The van der Waals surface area contributed by atoms with Gasteiger partial charge in [0.05, 0.1) is 21.3 Å². The van der Waals surface area contributed by atoms with Crippen LogP contribution in [0.2, 0.25) is 0 Å². The summed E-state index contributed by atoms with van der Waals surface area (Å²) in [5.41, 5.74) is 2.90. The van der Waals surface area contributed by atoms with Gasteiger partial charge in [-0.3, -0.25) is 4.79 Å². The molecular weight excluding hydrogens is 318 g/mol. The maximum atomic E-state index is 12.1. The first-order valence-corrected chi connectivity index (χ1v) is 7.69. The van der Waals surface area contributed by atoms with E-state index in [-0.39, 0.29) is 5.82 Å². The molecule has 0 saturated heterocycles. The fourth-order valence-corrected chi connectivity index (χ4v) is 2.63. The number of aromatic nitrogens is 2. The summed E-state index contributed by atoms with van der Waals surface area (Å²) in [6, 6.07) is 6.63. The van der Waals surface area contributed by atoms with Crippen LogP contribution in [-0.4, -0.2) is 28.1 Å². The molecule has 7 nitrogen and oxygen atoms in total. The normalized spacial score (nSPS) is 12.1. The van der Waals surface area contributed by atoms with Crippen molar-refractivity contribution in [2.75, 3.05) is 5.32 Å².